The molecule has 1 fully saturated rings. The maximum atomic E-state index is 5.88. The highest BCUT2D eigenvalue weighted by Crippen LogP contribution is 2.37. The molecule has 3 rings (SSSR count). The summed E-state index contributed by atoms with van der Waals surface area (Å²) < 4.78 is 5.50. The van der Waals surface area contributed by atoms with E-state index in [0.29, 0.717) is 23.9 Å². The smallest absolute Gasteiger partial charge is 0.192 e. The standard InChI is InChI=1S/C14H19N3O/c1-8-17-12-7-9(3-4-13(12)18-8)14(16-2)10-5-11(15)6-10/h3-4,7,10-11,14,16H,5-6,15H2,1-2H3. The van der Waals surface area contributed by atoms with Crippen LogP contribution in [0.15, 0.2) is 22.6 Å². The molecule has 0 bridgehead atoms. The zero-order chi connectivity index (χ0) is 12.7. The monoisotopic (exact) mass is 245 g/mol. The van der Waals surface area contributed by atoms with Gasteiger partial charge in [-0.05, 0) is 43.5 Å². The summed E-state index contributed by atoms with van der Waals surface area (Å²) in [5.74, 6) is 1.35. The average Bonchev–Trinajstić information content (AvgIpc) is 2.67. The van der Waals surface area contributed by atoms with E-state index >= 15 is 0 Å². The second kappa shape index (κ2) is 4.37. The van der Waals surface area contributed by atoms with Gasteiger partial charge < -0.3 is 15.5 Å². The topological polar surface area (TPSA) is 64.1 Å². The van der Waals surface area contributed by atoms with Gasteiger partial charge in [0.2, 0.25) is 0 Å². The highest BCUT2D eigenvalue weighted by atomic mass is 16.3. The Balaban J connectivity index is 1.91. The minimum Gasteiger partial charge on any atom is -0.441 e. The molecule has 1 saturated carbocycles. The van der Waals surface area contributed by atoms with Crippen molar-refractivity contribution in [1.29, 1.82) is 0 Å². The number of aromatic nitrogens is 1. The fourth-order valence-electron chi connectivity index (χ4n) is 2.91. The summed E-state index contributed by atoms with van der Waals surface area (Å²) in [5.41, 5.74) is 8.95. The number of hydrogen-bond acceptors (Lipinski definition) is 4. The largest absolute Gasteiger partial charge is 0.441 e. The minimum absolute atomic E-state index is 0.367. The lowest BCUT2D eigenvalue weighted by molar-refractivity contribution is 0.204. The predicted octanol–water partition coefficient (Wildman–Crippen LogP) is 2.13. The molecule has 1 aromatic heterocycles. The van der Waals surface area contributed by atoms with Crippen LogP contribution in [0.5, 0.6) is 0 Å². The van der Waals surface area contributed by atoms with Crippen LogP contribution in [-0.2, 0) is 0 Å². The van der Waals surface area contributed by atoms with Crippen molar-refractivity contribution in [3.05, 3.63) is 29.7 Å². The number of nitrogens with one attached hydrogen (secondary N) is 1. The number of aryl methyl sites for hydroxylation is 1. The lowest BCUT2D eigenvalue weighted by Crippen LogP contribution is -2.42. The van der Waals surface area contributed by atoms with Crippen molar-refractivity contribution in [2.75, 3.05) is 7.05 Å². The Kier molecular flexibility index (Phi) is 2.84. The molecule has 96 valence electrons. The number of fused-ring (bicyclic) bond motifs is 1. The van der Waals surface area contributed by atoms with Gasteiger partial charge >= 0.3 is 0 Å². The Bertz CT molecular complexity index is 557. The van der Waals surface area contributed by atoms with Gasteiger partial charge in [0.1, 0.15) is 5.52 Å². The molecule has 1 unspecified atom stereocenters. The van der Waals surface area contributed by atoms with E-state index in [4.69, 9.17) is 10.2 Å². The molecule has 0 spiro atoms. The van der Waals surface area contributed by atoms with Crippen LogP contribution in [0.3, 0.4) is 0 Å². The number of nitrogens with zero attached hydrogens (tertiary/aromatic N) is 1. The first kappa shape index (κ1) is 11.7. The summed E-state index contributed by atoms with van der Waals surface area (Å²) in [5, 5.41) is 3.40. The maximum absolute atomic E-state index is 5.88. The van der Waals surface area contributed by atoms with Crippen molar-refractivity contribution in [1.82, 2.24) is 10.3 Å². The third kappa shape index (κ3) is 1.91. The summed E-state index contributed by atoms with van der Waals surface area (Å²) in [6.07, 6.45) is 2.20. The Labute approximate surface area is 107 Å². The van der Waals surface area contributed by atoms with Gasteiger partial charge in [-0.3, -0.25) is 0 Å². The Morgan fingerprint density at radius 1 is 1.44 bits per heavy atom. The molecule has 0 radical (unpaired) electrons. The molecule has 18 heavy (non-hydrogen) atoms. The van der Waals surface area contributed by atoms with Crippen molar-refractivity contribution in [2.24, 2.45) is 11.7 Å². The van der Waals surface area contributed by atoms with Crippen LogP contribution in [0.4, 0.5) is 0 Å². The van der Waals surface area contributed by atoms with Crippen LogP contribution in [0.25, 0.3) is 11.1 Å². The Morgan fingerprint density at radius 3 is 2.89 bits per heavy atom. The maximum Gasteiger partial charge on any atom is 0.192 e. The van der Waals surface area contributed by atoms with Gasteiger partial charge in [0, 0.05) is 19.0 Å². The van der Waals surface area contributed by atoms with Crippen molar-refractivity contribution < 1.29 is 4.42 Å². The number of nitrogens with two attached hydrogens (primary N) is 1. The summed E-state index contributed by atoms with van der Waals surface area (Å²) in [7, 11) is 2.01. The molecule has 1 atom stereocenters. The van der Waals surface area contributed by atoms with Crippen LogP contribution < -0.4 is 11.1 Å². The summed E-state index contributed by atoms with van der Waals surface area (Å²) >= 11 is 0. The summed E-state index contributed by atoms with van der Waals surface area (Å²) in [6, 6.07) is 7.00. The lowest BCUT2D eigenvalue weighted by atomic mass is 9.74. The van der Waals surface area contributed by atoms with Crippen LogP contribution in [0, 0.1) is 12.8 Å². The lowest BCUT2D eigenvalue weighted by Gasteiger charge is -2.38. The minimum atomic E-state index is 0.367. The third-order valence-electron chi connectivity index (χ3n) is 3.87. The molecule has 2 aromatic rings. The van der Waals surface area contributed by atoms with E-state index in [1.54, 1.807) is 0 Å². The van der Waals surface area contributed by atoms with E-state index in [1.165, 1.54) is 5.56 Å². The number of hydrogen-bond donors (Lipinski definition) is 2. The zero-order valence-corrected chi connectivity index (χ0v) is 10.8. The first-order valence-electron chi connectivity index (χ1n) is 6.47. The van der Waals surface area contributed by atoms with E-state index in [-0.39, 0.29) is 0 Å². The van der Waals surface area contributed by atoms with Crippen LogP contribution in [-0.4, -0.2) is 18.1 Å². The molecule has 0 amide bonds. The molecular formula is C14H19N3O. The molecule has 1 aromatic carbocycles. The van der Waals surface area contributed by atoms with E-state index < -0.39 is 0 Å². The molecule has 0 aliphatic heterocycles. The van der Waals surface area contributed by atoms with Crippen molar-refractivity contribution in [2.45, 2.75) is 31.8 Å². The van der Waals surface area contributed by atoms with Crippen molar-refractivity contribution in [3.8, 4) is 0 Å². The highest BCUT2D eigenvalue weighted by molar-refractivity contribution is 5.73. The second-order valence-corrected chi connectivity index (χ2v) is 5.22. The van der Waals surface area contributed by atoms with E-state index in [1.807, 2.05) is 20.0 Å². The summed E-state index contributed by atoms with van der Waals surface area (Å²) in [4.78, 5) is 4.39. The molecule has 1 aliphatic rings. The molecule has 1 heterocycles. The molecule has 1 aliphatic carbocycles. The van der Waals surface area contributed by atoms with Gasteiger partial charge in [0.25, 0.3) is 0 Å². The number of oxazole rings is 1. The third-order valence-corrected chi connectivity index (χ3v) is 3.87. The van der Waals surface area contributed by atoms with Gasteiger partial charge in [-0.2, -0.15) is 0 Å². The highest BCUT2D eigenvalue weighted by Gasteiger charge is 2.33. The van der Waals surface area contributed by atoms with Gasteiger partial charge in [-0.25, -0.2) is 4.98 Å². The van der Waals surface area contributed by atoms with E-state index in [2.05, 4.69) is 22.4 Å². The van der Waals surface area contributed by atoms with Crippen molar-refractivity contribution >= 4 is 11.1 Å². The molecule has 0 saturated heterocycles. The van der Waals surface area contributed by atoms with Crippen LogP contribution in [0.1, 0.15) is 30.3 Å². The van der Waals surface area contributed by atoms with E-state index in [0.717, 1.165) is 23.9 Å². The van der Waals surface area contributed by atoms with Crippen LogP contribution >= 0.6 is 0 Å². The second-order valence-electron chi connectivity index (χ2n) is 5.22. The predicted molar refractivity (Wildman–Crippen MR) is 71.2 cm³/mol. The Morgan fingerprint density at radius 2 is 2.22 bits per heavy atom. The van der Waals surface area contributed by atoms with Gasteiger partial charge in [-0.15, -0.1) is 0 Å². The molecule has 4 heteroatoms. The SMILES string of the molecule is CNC(c1ccc2oc(C)nc2c1)C1CC(N)C1. The molecular weight excluding hydrogens is 226 g/mol. The fraction of sp³-hybridized carbons (Fsp3) is 0.500. The van der Waals surface area contributed by atoms with Gasteiger partial charge in [0.05, 0.1) is 0 Å². The van der Waals surface area contributed by atoms with E-state index in [9.17, 15) is 0 Å². The number of rotatable bonds is 3. The van der Waals surface area contributed by atoms with Crippen molar-refractivity contribution in [3.63, 3.8) is 0 Å². The average molecular weight is 245 g/mol. The van der Waals surface area contributed by atoms with Gasteiger partial charge in [0.15, 0.2) is 11.5 Å². The normalized spacial score (nSPS) is 25.1. The summed E-state index contributed by atoms with van der Waals surface area (Å²) in [6.45, 7) is 1.88. The van der Waals surface area contributed by atoms with Gasteiger partial charge in [-0.1, -0.05) is 6.07 Å². The Hall–Kier alpha value is -1.39. The first-order chi connectivity index (χ1) is 8.67. The fourth-order valence-corrected chi connectivity index (χ4v) is 2.91. The van der Waals surface area contributed by atoms with Crippen LogP contribution in [0.2, 0.25) is 0 Å². The number of benzene rings is 1. The first-order valence-corrected chi connectivity index (χ1v) is 6.47. The molecule has 4 nitrogen and oxygen atoms in total. The quantitative estimate of drug-likeness (QED) is 0.869. The zero-order valence-electron chi connectivity index (χ0n) is 10.8. The molecule has 3 N–H and O–H groups in total.